The second-order valence-corrected chi connectivity index (χ2v) is 8.50. The third kappa shape index (κ3) is 4.26. The van der Waals surface area contributed by atoms with Crippen LogP contribution in [-0.4, -0.2) is 0 Å². The van der Waals surface area contributed by atoms with E-state index in [-0.39, 0.29) is 16.3 Å². The standard InChI is InChI=1S/2C9H13.V/c2*1-8(2)7-9-5-3-4-6-9;/h2*3,5,8H,4,7H2,1-2H3;. The summed E-state index contributed by atoms with van der Waals surface area (Å²) in [5, 5.41) is 0. The average Bonchev–Trinajstić information content (AvgIpc) is 2.89. The molecule has 0 aromatic heterocycles. The Bertz CT molecular complexity index is 402. The molecule has 2 aliphatic rings. The Labute approximate surface area is 125 Å². The van der Waals surface area contributed by atoms with E-state index in [1.54, 1.807) is 19.7 Å². The van der Waals surface area contributed by atoms with E-state index in [1.807, 2.05) is 0 Å². The van der Waals surface area contributed by atoms with Crippen LogP contribution in [0.25, 0.3) is 0 Å². The number of hydrogen-bond donors (Lipinski definition) is 0. The van der Waals surface area contributed by atoms with Crippen LogP contribution in [0.2, 0.25) is 0 Å². The Morgan fingerprint density at radius 3 is 1.63 bits per heavy atom. The fourth-order valence-corrected chi connectivity index (χ4v) is 4.82. The minimum absolute atomic E-state index is 0.271. The fourth-order valence-electron chi connectivity index (χ4n) is 2.73. The molecule has 2 rings (SSSR count). The van der Waals surface area contributed by atoms with E-state index >= 15 is 0 Å². The molecular weight excluding hydrogens is 267 g/mol. The van der Waals surface area contributed by atoms with Gasteiger partial charge in [-0.25, -0.2) is 0 Å². The van der Waals surface area contributed by atoms with Gasteiger partial charge in [-0.3, -0.25) is 0 Å². The Hall–Kier alpha value is -0.456. The topological polar surface area (TPSA) is 0 Å². The zero-order valence-corrected chi connectivity index (χ0v) is 14.1. The molecular formula is C18H26V. The molecule has 0 aromatic carbocycles. The van der Waals surface area contributed by atoms with Gasteiger partial charge in [-0.1, -0.05) is 0 Å². The van der Waals surface area contributed by atoms with Crippen molar-refractivity contribution in [2.75, 3.05) is 0 Å². The van der Waals surface area contributed by atoms with Crippen molar-refractivity contribution >= 4 is 0 Å². The molecule has 0 aliphatic heterocycles. The molecule has 0 amide bonds. The van der Waals surface area contributed by atoms with Crippen LogP contribution >= 0.6 is 0 Å². The summed E-state index contributed by atoms with van der Waals surface area (Å²) >= 11 is 0.271. The maximum atomic E-state index is 2.38. The molecule has 1 heteroatoms. The van der Waals surface area contributed by atoms with Gasteiger partial charge >= 0.3 is 126 Å². The van der Waals surface area contributed by atoms with Crippen molar-refractivity contribution < 1.29 is 16.3 Å². The Balaban J connectivity index is 2.08. The molecule has 0 radical (unpaired) electrons. The monoisotopic (exact) mass is 293 g/mol. The molecule has 0 saturated heterocycles. The maximum absolute atomic E-state index is 2.38. The minimum atomic E-state index is 0.271. The van der Waals surface area contributed by atoms with Gasteiger partial charge in [-0.15, -0.1) is 0 Å². The van der Waals surface area contributed by atoms with E-state index in [4.69, 9.17) is 0 Å². The molecule has 0 N–H and O–H groups in total. The molecule has 0 bridgehead atoms. The van der Waals surface area contributed by atoms with Crippen molar-refractivity contribution in [3.8, 4) is 0 Å². The first-order valence-electron chi connectivity index (χ1n) is 7.55. The first kappa shape index (κ1) is 14.9. The van der Waals surface area contributed by atoms with Gasteiger partial charge in [-0.05, 0) is 0 Å². The normalized spacial score (nSPS) is 18.6. The summed E-state index contributed by atoms with van der Waals surface area (Å²) in [4.78, 5) is 0. The van der Waals surface area contributed by atoms with Crippen molar-refractivity contribution in [1.29, 1.82) is 0 Å². The second-order valence-electron chi connectivity index (χ2n) is 6.46. The summed E-state index contributed by atoms with van der Waals surface area (Å²) in [6.45, 7) is 9.31. The average molecular weight is 293 g/mol. The molecule has 0 fully saturated rings. The summed E-state index contributed by atoms with van der Waals surface area (Å²) in [6.07, 6.45) is 14.5. The van der Waals surface area contributed by atoms with Crippen LogP contribution in [-0.2, 0) is 16.3 Å². The van der Waals surface area contributed by atoms with Crippen molar-refractivity contribution in [1.82, 2.24) is 0 Å². The molecule has 0 heterocycles. The molecule has 0 spiro atoms. The predicted molar refractivity (Wildman–Crippen MR) is 80.5 cm³/mol. The van der Waals surface area contributed by atoms with Gasteiger partial charge < -0.3 is 0 Å². The van der Waals surface area contributed by atoms with Crippen LogP contribution in [0.4, 0.5) is 0 Å². The van der Waals surface area contributed by atoms with Crippen LogP contribution in [0.3, 0.4) is 0 Å². The predicted octanol–water partition coefficient (Wildman–Crippen LogP) is 5.59. The van der Waals surface area contributed by atoms with E-state index in [0.717, 1.165) is 11.8 Å². The Morgan fingerprint density at radius 1 is 0.842 bits per heavy atom. The number of hydrogen-bond acceptors (Lipinski definition) is 0. The van der Waals surface area contributed by atoms with Gasteiger partial charge in [0.15, 0.2) is 0 Å². The van der Waals surface area contributed by atoms with E-state index < -0.39 is 0 Å². The molecule has 0 saturated carbocycles. The molecule has 103 valence electrons. The van der Waals surface area contributed by atoms with Crippen LogP contribution in [0.1, 0.15) is 53.4 Å². The number of allylic oxidation sites excluding steroid dienone is 8. The molecule has 2 aliphatic carbocycles. The molecule has 0 aromatic rings. The first-order chi connectivity index (χ1) is 9.06. The summed E-state index contributed by atoms with van der Waals surface area (Å²) in [5.74, 6) is 1.56. The van der Waals surface area contributed by atoms with Gasteiger partial charge in [0.25, 0.3) is 0 Å². The third-order valence-electron chi connectivity index (χ3n) is 3.53. The fraction of sp³-hybridized carbons (Fsp3) is 0.556. The third-order valence-corrected chi connectivity index (χ3v) is 5.84. The van der Waals surface area contributed by atoms with Crippen molar-refractivity contribution in [2.24, 2.45) is 11.8 Å². The molecule has 0 unspecified atom stereocenters. The van der Waals surface area contributed by atoms with E-state index in [2.05, 4.69) is 52.0 Å². The van der Waals surface area contributed by atoms with Crippen LogP contribution in [0.5, 0.6) is 0 Å². The molecule has 19 heavy (non-hydrogen) atoms. The van der Waals surface area contributed by atoms with Crippen molar-refractivity contribution in [3.05, 3.63) is 44.0 Å². The van der Waals surface area contributed by atoms with E-state index in [1.165, 1.54) is 25.7 Å². The zero-order valence-electron chi connectivity index (χ0n) is 12.7. The summed E-state index contributed by atoms with van der Waals surface area (Å²) in [6, 6.07) is 0. The molecule has 0 nitrogen and oxygen atoms in total. The van der Waals surface area contributed by atoms with Gasteiger partial charge in [0.2, 0.25) is 0 Å². The summed E-state index contributed by atoms with van der Waals surface area (Å²) < 4.78 is 3.54. The van der Waals surface area contributed by atoms with Crippen LogP contribution in [0.15, 0.2) is 44.0 Å². The van der Waals surface area contributed by atoms with Gasteiger partial charge in [0, 0.05) is 0 Å². The van der Waals surface area contributed by atoms with Gasteiger partial charge in [0.1, 0.15) is 0 Å². The Morgan fingerprint density at radius 2 is 1.26 bits per heavy atom. The van der Waals surface area contributed by atoms with Crippen LogP contribution < -0.4 is 0 Å². The summed E-state index contributed by atoms with van der Waals surface area (Å²) in [7, 11) is 0. The molecule has 0 atom stereocenters. The van der Waals surface area contributed by atoms with Gasteiger partial charge in [-0.2, -0.15) is 0 Å². The summed E-state index contributed by atoms with van der Waals surface area (Å²) in [5.41, 5.74) is 3.30. The zero-order chi connectivity index (χ0) is 13.8. The SMILES string of the molecule is CC(C)CC1=[C]([V][C]2=C(CC(C)C)C=CC2)CC=C1. The van der Waals surface area contributed by atoms with Crippen molar-refractivity contribution in [3.63, 3.8) is 0 Å². The van der Waals surface area contributed by atoms with Crippen LogP contribution in [0, 0.1) is 11.8 Å². The van der Waals surface area contributed by atoms with E-state index in [0.29, 0.717) is 0 Å². The van der Waals surface area contributed by atoms with E-state index in [9.17, 15) is 0 Å². The number of rotatable bonds is 6. The second kappa shape index (κ2) is 6.82. The quantitative estimate of drug-likeness (QED) is 0.599. The first-order valence-corrected chi connectivity index (χ1v) is 8.94. The van der Waals surface area contributed by atoms with Gasteiger partial charge in [0.05, 0.1) is 0 Å². The van der Waals surface area contributed by atoms with Crippen molar-refractivity contribution in [2.45, 2.75) is 53.4 Å². The Kier molecular flexibility index (Phi) is 5.36.